The minimum Gasteiger partial charge on any atom is -0.496 e. The van der Waals surface area contributed by atoms with Crippen LogP contribution in [0.4, 0.5) is 5.69 Å². The van der Waals surface area contributed by atoms with Gasteiger partial charge < -0.3 is 19.5 Å². The maximum absolute atomic E-state index is 12.5. The number of hydrogen-bond donors (Lipinski definition) is 1. The molecular weight excluding hydrogens is 406 g/mol. The number of para-hydroxylation sites is 1. The van der Waals surface area contributed by atoms with Gasteiger partial charge in [-0.1, -0.05) is 42.5 Å². The van der Waals surface area contributed by atoms with Crippen molar-refractivity contribution in [3.63, 3.8) is 0 Å². The molecule has 6 nitrogen and oxygen atoms in total. The summed E-state index contributed by atoms with van der Waals surface area (Å²) in [7, 11) is 1.51. The maximum Gasteiger partial charge on any atom is 0.349 e. The van der Waals surface area contributed by atoms with E-state index in [0.717, 1.165) is 10.8 Å². The monoisotopic (exact) mass is 427 g/mol. The molecule has 0 saturated carbocycles. The van der Waals surface area contributed by atoms with Crippen LogP contribution in [0.2, 0.25) is 0 Å². The molecule has 4 rings (SSSR count). The van der Waals surface area contributed by atoms with Crippen LogP contribution in [-0.4, -0.2) is 25.6 Å². The van der Waals surface area contributed by atoms with Gasteiger partial charge in [-0.05, 0) is 59.3 Å². The molecule has 0 atom stereocenters. The van der Waals surface area contributed by atoms with Crippen LogP contribution in [0.5, 0.6) is 17.2 Å². The topological polar surface area (TPSA) is 73.9 Å². The van der Waals surface area contributed by atoms with E-state index in [1.807, 2.05) is 42.5 Å². The zero-order chi connectivity index (χ0) is 22.3. The fraction of sp³-hybridized carbons (Fsp3) is 0.0769. The number of nitrogens with one attached hydrogen (secondary N) is 1. The van der Waals surface area contributed by atoms with Gasteiger partial charge in [0.05, 0.1) is 12.7 Å². The predicted molar refractivity (Wildman–Crippen MR) is 122 cm³/mol. The predicted octanol–water partition coefficient (Wildman–Crippen LogP) is 5.09. The number of hydrogen-bond acceptors (Lipinski definition) is 5. The van der Waals surface area contributed by atoms with Gasteiger partial charge in [-0.3, -0.25) is 4.79 Å². The van der Waals surface area contributed by atoms with Gasteiger partial charge in [0.2, 0.25) is 0 Å². The van der Waals surface area contributed by atoms with Crippen LogP contribution in [0.25, 0.3) is 10.8 Å². The Bertz CT molecular complexity index is 1250. The second kappa shape index (κ2) is 9.66. The van der Waals surface area contributed by atoms with E-state index in [1.54, 1.807) is 48.5 Å². The van der Waals surface area contributed by atoms with Crippen molar-refractivity contribution in [1.82, 2.24) is 0 Å². The summed E-state index contributed by atoms with van der Waals surface area (Å²) < 4.78 is 16.1. The Labute approximate surface area is 185 Å². The second-order valence-electron chi connectivity index (χ2n) is 6.95. The number of amides is 1. The maximum atomic E-state index is 12.5. The molecule has 1 N–H and O–H groups in total. The van der Waals surface area contributed by atoms with Crippen LogP contribution in [-0.2, 0) is 4.79 Å². The fourth-order valence-corrected chi connectivity index (χ4v) is 3.20. The van der Waals surface area contributed by atoms with Crippen molar-refractivity contribution in [2.75, 3.05) is 19.0 Å². The molecule has 0 heterocycles. The van der Waals surface area contributed by atoms with Crippen LogP contribution in [0.1, 0.15) is 10.4 Å². The SMILES string of the molecule is COc1ccccc1C(=O)Nc1ccc(OC(=O)COc2ccc3ccccc3c2)cc1. The highest BCUT2D eigenvalue weighted by molar-refractivity contribution is 6.06. The zero-order valence-electron chi connectivity index (χ0n) is 17.4. The van der Waals surface area contributed by atoms with E-state index in [4.69, 9.17) is 14.2 Å². The number of rotatable bonds is 7. The number of carbonyl (C=O) groups is 2. The van der Waals surface area contributed by atoms with Crippen molar-refractivity contribution in [2.45, 2.75) is 0 Å². The van der Waals surface area contributed by atoms with Crippen LogP contribution in [0, 0.1) is 0 Å². The molecule has 0 aliphatic carbocycles. The molecule has 0 fully saturated rings. The van der Waals surface area contributed by atoms with Gasteiger partial charge in [-0.2, -0.15) is 0 Å². The Morgan fingerprint density at radius 2 is 1.47 bits per heavy atom. The van der Waals surface area contributed by atoms with Crippen LogP contribution < -0.4 is 19.5 Å². The van der Waals surface area contributed by atoms with Crippen molar-refractivity contribution in [1.29, 1.82) is 0 Å². The second-order valence-corrected chi connectivity index (χ2v) is 6.95. The highest BCUT2D eigenvalue weighted by Gasteiger charge is 2.12. The number of esters is 1. The van der Waals surface area contributed by atoms with Crippen LogP contribution >= 0.6 is 0 Å². The molecule has 1 amide bonds. The molecule has 0 bridgehead atoms. The quantitative estimate of drug-likeness (QED) is 0.329. The first-order valence-electron chi connectivity index (χ1n) is 9.99. The summed E-state index contributed by atoms with van der Waals surface area (Å²) in [5, 5.41) is 4.92. The average molecular weight is 427 g/mol. The zero-order valence-corrected chi connectivity index (χ0v) is 17.4. The van der Waals surface area contributed by atoms with Crippen molar-refractivity contribution in [2.24, 2.45) is 0 Å². The van der Waals surface area contributed by atoms with Gasteiger partial charge in [-0.25, -0.2) is 4.79 Å². The van der Waals surface area contributed by atoms with Crippen LogP contribution in [0.15, 0.2) is 91.0 Å². The third-order valence-corrected chi connectivity index (χ3v) is 4.77. The number of anilines is 1. The smallest absolute Gasteiger partial charge is 0.349 e. The van der Waals surface area contributed by atoms with Crippen LogP contribution in [0.3, 0.4) is 0 Å². The largest absolute Gasteiger partial charge is 0.496 e. The van der Waals surface area contributed by atoms with Gasteiger partial charge in [0, 0.05) is 5.69 Å². The Balaban J connectivity index is 1.31. The molecule has 4 aromatic rings. The molecular formula is C26H21NO5. The molecule has 0 saturated heterocycles. The highest BCUT2D eigenvalue weighted by atomic mass is 16.6. The molecule has 0 radical (unpaired) electrons. The molecule has 160 valence electrons. The van der Waals surface area contributed by atoms with E-state index < -0.39 is 5.97 Å². The highest BCUT2D eigenvalue weighted by Crippen LogP contribution is 2.22. The van der Waals surface area contributed by atoms with Crippen molar-refractivity contribution >= 4 is 28.3 Å². The summed E-state index contributed by atoms with van der Waals surface area (Å²) >= 11 is 0. The van der Waals surface area contributed by atoms with E-state index in [9.17, 15) is 9.59 Å². The van der Waals surface area contributed by atoms with E-state index in [0.29, 0.717) is 28.5 Å². The van der Waals surface area contributed by atoms with Crippen molar-refractivity contribution in [3.05, 3.63) is 96.6 Å². The minimum absolute atomic E-state index is 0.218. The molecule has 32 heavy (non-hydrogen) atoms. The third-order valence-electron chi connectivity index (χ3n) is 4.77. The number of carbonyl (C=O) groups excluding carboxylic acids is 2. The Hall–Kier alpha value is -4.32. The third kappa shape index (κ3) is 5.05. The lowest BCUT2D eigenvalue weighted by Gasteiger charge is -2.10. The van der Waals surface area contributed by atoms with Gasteiger partial charge >= 0.3 is 5.97 Å². The van der Waals surface area contributed by atoms with Gasteiger partial charge in [-0.15, -0.1) is 0 Å². The molecule has 0 aromatic heterocycles. The minimum atomic E-state index is -0.524. The molecule has 6 heteroatoms. The lowest BCUT2D eigenvalue weighted by Crippen LogP contribution is -2.17. The molecule has 0 aliphatic rings. The Kier molecular flexibility index (Phi) is 6.32. The standard InChI is InChI=1S/C26H21NO5/c1-30-24-9-5-4-8-23(24)26(29)27-20-11-14-21(15-12-20)32-25(28)17-31-22-13-10-18-6-2-3-7-19(18)16-22/h2-16H,17H2,1H3,(H,27,29). The summed E-state index contributed by atoms with van der Waals surface area (Å²) in [5.41, 5.74) is 0.990. The number of fused-ring (bicyclic) bond motifs is 1. The Morgan fingerprint density at radius 1 is 0.781 bits per heavy atom. The fourth-order valence-electron chi connectivity index (χ4n) is 3.20. The van der Waals surface area contributed by atoms with Crippen molar-refractivity contribution in [3.8, 4) is 17.2 Å². The number of benzene rings is 4. The van der Waals surface area contributed by atoms with Crippen molar-refractivity contribution < 1.29 is 23.8 Å². The first-order chi connectivity index (χ1) is 15.6. The number of ether oxygens (including phenoxy) is 3. The molecule has 0 spiro atoms. The number of methoxy groups -OCH3 is 1. The first kappa shape index (κ1) is 20.9. The van der Waals surface area contributed by atoms with Gasteiger partial charge in [0.1, 0.15) is 17.2 Å². The summed E-state index contributed by atoms with van der Waals surface area (Å²) in [6.07, 6.45) is 0. The summed E-state index contributed by atoms with van der Waals surface area (Å²) in [6, 6.07) is 27.0. The summed E-state index contributed by atoms with van der Waals surface area (Å²) in [6.45, 7) is -0.218. The van der Waals surface area contributed by atoms with E-state index in [2.05, 4.69) is 5.32 Å². The molecule has 0 aliphatic heterocycles. The summed E-state index contributed by atoms with van der Waals surface area (Å²) in [5.74, 6) is 0.615. The van der Waals surface area contributed by atoms with E-state index in [1.165, 1.54) is 7.11 Å². The van der Waals surface area contributed by atoms with E-state index >= 15 is 0 Å². The van der Waals surface area contributed by atoms with Gasteiger partial charge in [0.25, 0.3) is 5.91 Å². The van der Waals surface area contributed by atoms with Gasteiger partial charge in [0.15, 0.2) is 6.61 Å². The first-order valence-corrected chi connectivity index (χ1v) is 9.99. The average Bonchev–Trinajstić information content (AvgIpc) is 2.83. The summed E-state index contributed by atoms with van der Waals surface area (Å²) in [4.78, 5) is 24.6. The lowest BCUT2D eigenvalue weighted by molar-refractivity contribution is -0.136. The van der Waals surface area contributed by atoms with E-state index in [-0.39, 0.29) is 12.5 Å². The Morgan fingerprint density at radius 3 is 2.25 bits per heavy atom. The molecule has 4 aromatic carbocycles. The normalized spacial score (nSPS) is 10.4. The molecule has 0 unspecified atom stereocenters. The lowest BCUT2D eigenvalue weighted by atomic mass is 10.1.